The summed E-state index contributed by atoms with van der Waals surface area (Å²) in [5.74, 6) is 1.01. The minimum atomic E-state index is 0.0665. The number of carbonyl (C=O) groups excluding carboxylic acids is 1. The summed E-state index contributed by atoms with van der Waals surface area (Å²) < 4.78 is 1.72. The molecule has 0 saturated carbocycles. The number of benzene rings is 1. The summed E-state index contributed by atoms with van der Waals surface area (Å²) in [6, 6.07) is 10.3. The predicted molar refractivity (Wildman–Crippen MR) is 101 cm³/mol. The fraction of sp³-hybridized carbons (Fsp3) is 0.400. The number of nitrogens with zero attached hydrogens (tertiary/aromatic N) is 4. The number of hydrogen-bond acceptors (Lipinski definition) is 4. The van der Waals surface area contributed by atoms with Crippen LogP contribution in [0.15, 0.2) is 36.7 Å². The van der Waals surface area contributed by atoms with Crippen molar-refractivity contribution >= 4 is 11.7 Å². The molecule has 1 amide bonds. The van der Waals surface area contributed by atoms with Crippen LogP contribution in [0.1, 0.15) is 48.2 Å². The summed E-state index contributed by atoms with van der Waals surface area (Å²) in [6.45, 7) is 6.76. The van der Waals surface area contributed by atoms with E-state index in [9.17, 15) is 4.79 Å². The standard InChI is InChI=1S/C20H25N5O/c1-4-16(17-8-6-5-7-9-17)12-21-19(26)11-10-18-14(2)24-20-22-13-23-25(20)15(18)3/h5-9,13,16H,4,10-12H2,1-3H3,(H,21,26)/t16-/m1/s1. The monoisotopic (exact) mass is 351 g/mol. The Morgan fingerprint density at radius 3 is 2.73 bits per heavy atom. The normalized spacial score (nSPS) is 12.3. The van der Waals surface area contributed by atoms with Gasteiger partial charge in [0, 0.05) is 30.3 Å². The Morgan fingerprint density at radius 2 is 2.00 bits per heavy atom. The van der Waals surface area contributed by atoms with Crippen LogP contribution >= 0.6 is 0 Å². The average Bonchev–Trinajstić information content (AvgIpc) is 3.11. The number of fused-ring (bicyclic) bond motifs is 1. The minimum Gasteiger partial charge on any atom is -0.355 e. The Hall–Kier alpha value is -2.76. The van der Waals surface area contributed by atoms with Gasteiger partial charge in [-0.2, -0.15) is 10.1 Å². The molecule has 3 aromatic rings. The second-order valence-corrected chi connectivity index (χ2v) is 6.55. The molecule has 0 aliphatic heterocycles. The summed E-state index contributed by atoms with van der Waals surface area (Å²) >= 11 is 0. The second-order valence-electron chi connectivity index (χ2n) is 6.55. The lowest BCUT2D eigenvalue weighted by atomic mass is 9.96. The second kappa shape index (κ2) is 8.08. The lowest BCUT2D eigenvalue weighted by molar-refractivity contribution is -0.121. The van der Waals surface area contributed by atoms with Gasteiger partial charge < -0.3 is 5.32 Å². The molecule has 1 atom stereocenters. The number of hydrogen-bond donors (Lipinski definition) is 1. The van der Waals surface area contributed by atoms with Crippen molar-refractivity contribution in [3.05, 3.63) is 59.2 Å². The number of aryl methyl sites for hydroxylation is 2. The molecule has 0 spiro atoms. The molecule has 2 heterocycles. The van der Waals surface area contributed by atoms with Gasteiger partial charge in [-0.15, -0.1) is 0 Å². The zero-order valence-electron chi connectivity index (χ0n) is 15.6. The van der Waals surface area contributed by atoms with Crippen molar-refractivity contribution in [1.29, 1.82) is 0 Å². The van der Waals surface area contributed by atoms with E-state index in [1.807, 2.05) is 32.0 Å². The van der Waals surface area contributed by atoms with Crippen LogP contribution in [0, 0.1) is 13.8 Å². The van der Waals surface area contributed by atoms with Gasteiger partial charge in [-0.3, -0.25) is 4.79 Å². The van der Waals surface area contributed by atoms with Gasteiger partial charge in [0.05, 0.1) is 0 Å². The summed E-state index contributed by atoms with van der Waals surface area (Å²) in [6.07, 6.45) is 3.58. The zero-order valence-corrected chi connectivity index (χ0v) is 15.6. The first-order valence-electron chi connectivity index (χ1n) is 9.07. The molecule has 6 heteroatoms. The maximum absolute atomic E-state index is 12.3. The first kappa shape index (κ1) is 18.0. The molecule has 136 valence electrons. The zero-order chi connectivity index (χ0) is 18.5. The third kappa shape index (κ3) is 3.90. The molecule has 0 aliphatic carbocycles. The molecule has 0 saturated heterocycles. The highest BCUT2D eigenvalue weighted by atomic mass is 16.1. The SMILES string of the molecule is CC[C@H](CNC(=O)CCc1c(C)nc2ncnn2c1C)c1ccccc1. The van der Waals surface area contributed by atoms with Gasteiger partial charge in [-0.25, -0.2) is 9.50 Å². The molecule has 26 heavy (non-hydrogen) atoms. The van der Waals surface area contributed by atoms with Gasteiger partial charge in [-0.05, 0) is 37.8 Å². The smallest absolute Gasteiger partial charge is 0.252 e. The van der Waals surface area contributed by atoms with E-state index >= 15 is 0 Å². The van der Waals surface area contributed by atoms with E-state index in [4.69, 9.17) is 0 Å². The van der Waals surface area contributed by atoms with E-state index in [0.29, 0.717) is 31.1 Å². The van der Waals surface area contributed by atoms with E-state index in [0.717, 1.165) is 23.4 Å². The van der Waals surface area contributed by atoms with Crippen LogP contribution in [0.3, 0.4) is 0 Å². The van der Waals surface area contributed by atoms with Crippen molar-refractivity contribution in [3.8, 4) is 0 Å². The molecule has 0 radical (unpaired) electrons. The molecular formula is C20H25N5O. The van der Waals surface area contributed by atoms with Crippen molar-refractivity contribution in [2.45, 2.75) is 46.0 Å². The molecule has 3 rings (SSSR count). The maximum atomic E-state index is 12.3. The summed E-state index contributed by atoms with van der Waals surface area (Å²) in [5, 5.41) is 7.27. The molecule has 0 unspecified atom stereocenters. The molecule has 0 aliphatic rings. The Bertz CT molecular complexity index is 888. The Morgan fingerprint density at radius 1 is 1.23 bits per heavy atom. The molecule has 2 aromatic heterocycles. The lowest BCUT2D eigenvalue weighted by Crippen LogP contribution is -2.28. The van der Waals surface area contributed by atoms with Gasteiger partial charge in [0.25, 0.3) is 5.78 Å². The topological polar surface area (TPSA) is 72.2 Å². The number of carbonyl (C=O) groups is 1. The maximum Gasteiger partial charge on any atom is 0.252 e. The van der Waals surface area contributed by atoms with Crippen LogP contribution in [0.5, 0.6) is 0 Å². The third-order valence-corrected chi connectivity index (χ3v) is 4.90. The number of rotatable bonds is 7. The quantitative estimate of drug-likeness (QED) is 0.710. The predicted octanol–water partition coefficient (Wildman–Crippen LogP) is 2.98. The van der Waals surface area contributed by atoms with E-state index in [-0.39, 0.29) is 5.91 Å². The number of aromatic nitrogens is 4. The van der Waals surface area contributed by atoms with Crippen molar-refractivity contribution in [2.75, 3.05) is 6.54 Å². The number of amides is 1. The minimum absolute atomic E-state index is 0.0665. The van der Waals surface area contributed by atoms with Crippen LogP contribution in [0.2, 0.25) is 0 Å². The first-order valence-corrected chi connectivity index (χ1v) is 9.07. The van der Waals surface area contributed by atoms with Gasteiger partial charge in [-0.1, -0.05) is 37.3 Å². The van der Waals surface area contributed by atoms with Crippen molar-refractivity contribution in [3.63, 3.8) is 0 Å². The fourth-order valence-electron chi connectivity index (χ4n) is 3.30. The summed E-state index contributed by atoms with van der Waals surface area (Å²) in [5.41, 5.74) is 4.23. The fourth-order valence-corrected chi connectivity index (χ4v) is 3.30. The number of nitrogens with one attached hydrogen (secondary N) is 1. The summed E-state index contributed by atoms with van der Waals surface area (Å²) in [7, 11) is 0. The molecule has 1 aromatic carbocycles. The van der Waals surface area contributed by atoms with E-state index in [1.54, 1.807) is 4.52 Å². The molecule has 0 fully saturated rings. The van der Waals surface area contributed by atoms with Crippen LogP contribution in [0.25, 0.3) is 5.78 Å². The van der Waals surface area contributed by atoms with Gasteiger partial charge in [0.1, 0.15) is 6.33 Å². The van der Waals surface area contributed by atoms with E-state index in [1.165, 1.54) is 11.9 Å². The lowest BCUT2D eigenvalue weighted by Gasteiger charge is -2.16. The van der Waals surface area contributed by atoms with Crippen LogP contribution < -0.4 is 5.32 Å². The summed E-state index contributed by atoms with van der Waals surface area (Å²) in [4.78, 5) is 20.9. The van der Waals surface area contributed by atoms with Gasteiger partial charge in [0.2, 0.25) is 5.91 Å². The molecule has 6 nitrogen and oxygen atoms in total. The van der Waals surface area contributed by atoms with Crippen LogP contribution in [-0.4, -0.2) is 32.0 Å². The molecular weight excluding hydrogens is 326 g/mol. The largest absolute Gasteiger partial charge is 0.355 e. The van der Waals surface area contributed by atoms with Crippen LogP contribution in [0.4, 0.5) is 0 Å². The van der Waals surface area contributed by atoms with E-state index in [2.05, 4.69) is 39.4 Å². The van der Waals surface area contributed by atoms with Crippen molar-refractivity contribution in [2.24, 2.45) is 0 Å². The highest BCUT2D eigenvalue weighted by molar-refractivity contribution is 5.76. The van der Waals surface area contributed by atoms with E-state index < -0.39 is 0 Å². The first-order chi connectivity index (χ1) is 12.6. The molecule has 0 bridgehead atoms. The van der Waals surface area contributed by atoms with Crippen LogP contribution in [-0.2, 0) is 11.2 Å². The Balaban J connectivity index is 1.59. The average molecular weight is 351 g/mol. The molecule has 1 N–H and O–H groups in total. The Kier molecular flexibility index (Phi) is 5.61. The van der Waals surface area contributed by atoms with Crippen molar-refractivity contribution in [1.82, 2.24) is 24.9 Å². The van der Waals surface area contributed by atoms with Gasteiger partial charge >= 0.3 is 0 Å². The van der Waals surface area contributed by atoms with Gasteiger partial charge in [0.15, 0.2) is 0 Å². The highest BCUT2D eigenvalue weighted by Gasteiger charge is 2.14. The highest BCUT2D eigenvalue weighted by Crippen LogP contribution is 2.18. The third-order valence-electron chi connectivity index (χ3n) is 4.90. The van der Waals surface area contributed by atoms with Crippen molar-refractivity contribution < 1.29 is 4.79 Å². The Labute approximate surface area is 153 Å².